The molecule has 0 radical (unpaired) electrons. The number of anilines is 3. The molecular formula is C48H33NO. The van der Waals surface area contributed by atoms with Crippen molar-refractivity contribution in [3.63, 3.8) is 0 Å². The Labute approximate surface area is 293 Å². The Kier molecular flexibility index (Phi) is 7.53. The van der Waals surface area contributed by atoms with Gasteiger partial charge in [0.2, 0.25) is 0 Å². The van der Waals surface area contributed by atoms with Gasteiger partial charge in [0, 0.05) is 22.5 Å². The molecule has 2 nitrogen and oxygen atoms in total. The van der Waals surface area contributed by atoms with Crippen molar-refractivity contribution in [2.24, 2.45) is 0 Å². The van der Waals surface area contributed by atoms with Crippen LogP contribution < -0.4 is 9.64 Å². The molecule has 0 saturated carbocycles. The summed E-state index contributed by atoms with van der Waals surface area (Å²) >= 11 is 0. The summed E-state index contributed by atoms with van der Waals surface area (Å²) < 4.78 is 7.08. The molecule has 50 heavy (non-hydrogen) atoms. The van der Waals surface area contributed by atoms with Gasteiger partial charge in [-0.2, -0.15) is 0 Å². The lowest BCUT2D eigenvalue weighted by Gasteiger charge is -2.28. The van der Waals surface area contributed by atoms with Gasteiger partial charge >= 0.3 is 0 Å². The van der Waals surface area contributed by atoms with Gasteiger partial charge in [-0.25, -0.2) is 0 Å². The quantitative estimate of drug-likeness (QED) is 0.179. The minimum absolute atomic E-state index is 0.824. The fraction of sp³-hybridized carbons (Fsp3) is 0. The van der Waals surface area contributed by atoms with Gasteiger partial charge in [-0.05, 0) is 87.0 Å². The minimum atomic E-state index is 0.824. The first kappa shape index (κ1) is 29.5. The molecule has 0 saturated heterocycles. The van der Waals surface area contributed by atoms with Crippen LogP contribution >= 0.6 is 0 Å². The summed E-state index contributed by atoms with van der Waals surface area (Å²) in [4.78, 5) is 2.31. The van der Waals surface area contributed by atoms with Crippen molar-refractivity contribution in [3.8, 4) is 67.1 Å². The van der Waals surface area contributed by atoms with Crippen LogP contribution in [0.5, 0.6) is 11.5 Å². The molecule has 0 aromatic heterocycles. The molecule has 236 valence electrons. The molecule has 8 aromatic rings. The number of benzene rings is 8. The van der Waals surface area contributed by atoms with Crippen LogP contribution in [0, 0.1) is 0 Å². The maximum Gasteiger partial charge on any atom is 0.159 e. The molecule has 0 fully saturated rings. The third-order valence-electron chi connectivity index (χ3n) is 9.51. The van der Waals surface area contributed by atoms with Crippen LogP contribution in [0.15, 0.2) is 200 Å². The summed E-state index contributed by atoms with van der Waals surface area (Å²) in [6.45, 7) is 0. The van der Waals surface area contributed by atoms with E-state index < -0.39 is 0 Å². The van der Waals surface area contributed by atoms with Gasteiger partial charge in [-0.3, -0.25) is 0 Å². The summed E-state index contributed by atoms with van der Waals surface area (Å²) in [6, 6.07) is 70.9. The molecule has 0 N–H and O–H groups in total. The SMILES string of the molecule is c1ccc(-c2ccc(N(c3ccc(-c4ccccc4)cc3)c3cccc4c3Oc3ccc(-c5ccccc5)cc3-c3ccccc3-4)cc2)cc1. The maximum absolute atomic E-state index is 7.08. The Bertz CT molecular complexity index is 2330. The molecule has 2 heteroatoms. The van der Waals surface area contributed by atoms with Gasteiger partial charge in [-0.15, -0.1) is 0 Å². The monoisotopic (exact) mass is 639 g/mol. The average molecular weight is 640 g/mol. The first-order valence-electron chi connectivity index (χ1n) is 17.0. The lowest BCUT2D eigenvalue weighted by atomic mass is 9.92. The molecular weight excluding hydrogens is 607 g/mol. The van der Waals surface area contributed by atoms with Crippen LogP contribution in [0.2, 0.25) is 0 Å². The number of nitrogens with zero attached hydrogens (tertiary/aromatic N) is 1. The van der Waals surface area contributed by atoms with Crippen LogP contribution in [0.1, 0.15) is 0 Å². The third-order valence-corrected chi connectivity index (χ3v) is 9.51. The molecule has 8 aromatic carbocycles. The van der Waals surface area contributed by atoms with E-state index in [4.69, 9.17) is 4.74 Å². The van der Waals surface area contributed by atoms with Gasteiger partial charge in [0.1, 0.15) is 5.75 Å². The van der Waals surface area contributed by atoms with Crippen LogP contribution in [0.25, 0.3) is 55.6 Å². The second-order valence-corrected chi connectivity index (χ2v) is 12.5. The van der Waals surface area contributed by atoms with E-state index in [0.29, 0.717) is 0 Å². The molecule has 1 aliphatic rings. The molecule has 1 aliphatic heterocycles. The number of rotatable bonds is 6. The predicted octanol–water partition coefficient (Wildman–Crippen LogP) is 13.6. The second kappa shape index (κ2) is 12.8. The zero-order valence-electron chi connectivity index (χ0n) is 27.4. The van der Waals surface area contributed by atoms with E-state index in [2.05, 4.69) is 205 Å². The van der Waals surface area contributed by atoms with Crippen molar-refractivity contribution >= 4 is 17.1 Å². The van der Waals surface area contributed by atoms with E-state index in [1.165, 1.54) is 27.8 Å². The largest absolute Gasteiger partial charge is 0.454 e. The normalized spacial score (nSPS) is 11.4. The van der Waals surface area contributed by atoms with Gasteiger partial charge in [0.15, 0.2) is 5.75 Å². The van der Waals surface area contributed by atoms with E-state index >= 15 is 0 Å². The first-order chi connectivity index (χ1) is 24.8. The van der Waals surface area contributed by atoms with Crippen molar-refractivity contribution in [1.82, 2.24) is 0 Å². The highest BCUT2D eigenvalue weighted by molar-refractivity contribution is 5.96. The number of para-hydroxylation sites is 1. The van der Waals surface area contributed by atoms with Gasteiger partial charge in [0.05, 0.1) is 5.69 Å². The Morgan fingerprint density at radius 2 is 0.720 bits per heavy atom. The number of ether oxygens (including phenoxy) is 1. The standard InChI is InChI=1S/C48H33NO/c1-4-13-34(14-5-1)37-23-28-40(29-24-37)49(41-30-25-38(26-31-41)35-15-6-2-7-16-35)46-22-12-21-44-42-19-10-11-20-43(42)45-33-39(36-17-8-3-9-18-36)27-32-47(45)50-48(44)46/h1-33H. The maximum atomic E-state index is 7.08. The van der Waals surface area contributed by atoms with Crippen molar-refractivity contribution in [2.75, 3.05) is 4.90 Å². The molecule has 0 bridgehead atoms. The second-order valence-electron chi connectivity index (χ2n) is 12.5. The summed E-state index contributed by atoms with van der Waals surface area (Å²) in [6.07, 6.45) is 0. The molecule has 0 amide bonds. The van der Waals surface area contributed by atoms with E-state index in [9.17, 15) is 0 Å². The smallest absolute Gasteiger partial charge is 0.159 e. The Morgan fingerprint density at radius 3 is 1.26 bits per heavy atom. The topological polar surface area (TPSA) is 12.5 Å². The van der Waals surface area contributed by atoms with Gasteiger partial charge in [0.25, 0.3) is 0 Å². The third kappa shape index (κ3) is 5.43. The van der Waals surface area contributed by atoms with Crippen molar-refractivity contribution in [3.05, 3.63) is 200 Å². The van der Waals surface area contributed by atoms with Crippen LogP contribution in [0.3, 0.4) is 0 Å². The summed E-state index contributed by atoms with van der Waals surface area (Å²) in [5, 5.41) is 0. The molecule has 9 rings (SSSR count). The highest BCUT2D eigenvalue weighted by Crippen LogP contribution is 2.53. The Hall–Kier alpha value is -6.64. The van der Waals surface area contributed by atoms with Gasteiger partial charge < -0.3 is 9.64 Å². The highest BCUT2D eigenvalue weighted by atomic mass is 16.5. The molecule has 0 aliphatic carbocycles. The van der Waals surface area contributed by atoms with Crippen molar-refractivity contribution in [1.29, 1.82) is 0 Å². The van der Waals surface area contributed by atoms with Crippen molar-refractivity contribution in [2.45, 2.75) is 0 Å². The van der Waals surface area contributed by atoms with E-state index in [0.717, 1.165) is 56.4 Å². The van der Waals surface area contributed by atoms with Gasteiger partial charge in [-0.1, -0.05) is 158 Å². The zero-order valence-corrected chi connectivity index (χ0v) is 27.4. The number of hydrogen-bond donors (Lipinski definition) is 0. The fourth-order valence-electron chi connectivity index (χ4n) is 7.02. The molecule has 0 unspecified atom stereocenters. The fourth-order valence-corrected chi connectivity index (χ4v) is 7.02. The lowest BCUT2D eigenvalue weighted by molar-refractivity contribution is 0.489. The molecule has 1 heterocycles. The highest BCUT2D eigenvalue weighted by Gasteiger charge is 2.26. The van der Waals surface area contributed by atoms with Crippen LogP contribution in [0.4, 0.5) is 17.1 Å². The Morgan fingerprint density at radius 1 is 0.300 bits per heavy atom. The zero-order chi connectivity index (χ0) is 33.3. The summed E-state index contributed by atoms with van der Waals surface area (Å²) in [5.41, 5.74) is 14.6. The molecule has 0 spiro atoms. The predicted molar refractivity (Wildman–Crippen MR) is 208 cm³/mol. The summed E-state index contributed by atoms with van der Waals surface area (Å²) in [7, 11) is 0. The number of fused-ring (bicyclic) bond motifs is 5. The van der Waals surface area contributed by atoms with E-state index in [1.54, 1.807) is 0 Å². The summed E-state index contributed by atoms with van der Waals surface area (Å²) in [5.74, 6) is 1.66. The number of hydrogen-bond acceptors (Lipinski definition) is 2. The minimum Gasteiger partial charge on any atom is -0.454 e. The lowest BCUT2D eigenvalue weighted by Crippen LogP contribution is -2.11. The first-order valence-corrected chi connectivity index (χ1v) is 17.0. The molecule has 0 atom stereocenters. The van der Waals surface area contributed by atoms with E-state index in [1.807, 2.05) is 0 Å². The average Bonchev–Trinajstić information content (AvgIpc) is 3.34. The van der Waals surface area contributed by atoms with Crippen molar-refractivity contribution < 1.29 is 4.74 Å². The Balaban J connectivity index is 1.21. The van der Waals surface area contributed by atoms with Crippen LogP contribution in [-0.4, -0.2) is 0 Å². The van der Waals surface area contributed by atoms with Crippen LogP contribution in [-0.2, 0) is 0 Å². The van der Waals surface area contributed by atoms with E-state index in [-0.39, 0.29) is 0 Å².